The van der Waals surface area contributed by atoms with Crippen molar-refractivity contribution in [3.63, 3.8) is 0 Å². The summed E-state index contributed by atoms with van der Waals surface area (Å²) >= 11 is 3.34. The molecule has 13 heavy (non-hydrogen) atoms. The lowest BCUT2D eigenvalue weighted by molar-refractivity contribution is -0.108. The van der Waals surface area contributed by atoms with E-state index in [9.17, 15) is 0 Å². The quantitative estimate of drug-likeness (QED) is 0.756. The fraction of sp³-hybridized carbons (Fsp3) is 0.444. The van der Waals surface area contributed by atoms with Gasteiger partial charge in [0.25, 0.3) is 0 Å². The fourth-order valence-electron chi connectivity index (χ4n) is 1.29. The van der Waals surface area contributed by atoms with E-state index in [0.29, 0.717) is 20.0 Å². The molecular weight excluding hydrogens is 234 g/mol. The third-order valence-electron chi connectivity index (χ3n) is 1.97. The first-order valence-electron chi connectivity index (χ1n) is 4.13. The van der Waals surface area contributed by atoms with Gasteiger partial charge in [-0.1, -0.05) is 0 Å². The van der Waals surface area contributed by atoms with Crippen LogP contribution in [-0.2, 0) is 9.47 Å². The molecular formula is C9H10BrNO2. The first kappa shape index (κ1) is 9.12. The number of nitrogens with zero attached hydrogens (tertiary/aromatic N) is 1. The molecule has 2 rings (SSSR count). The average Bonchev–Trinajstić information content (AvgIpc) is 2.20. The minimum absolute atomic E-state index is 0.279. The Morgan fingerprint density at radius 2 is 2.08 bits per heavy atom. The smallest absolute Gasteiger partial charge is 0.146 e. The second-order valence-electron chi connectivity index (χ2n) is 2.96. The third kappa shape index (κ3) is 2.27. The predicted molar refractivity (Wildman–Crippen MR) is 51.4 cm³/mol. The molecule has 1 aromatic heterocycles. The van der Waals surface area contributed by atoms with Gasteiger partial charge < -0.3 is 9.47 Å². The summed E-state index contributed by atoms with van der Waals surface area (Å²) in [6.07, 6.45) is 1.80. The van der Waals surface area contributed by atoms with Gasteiger partial charge in [-0.3, -0.25) is 4.98 Å². The molecule has 0 N–H and O–H groups in total. The molecule has 1 aliphatic heterocycles. The van der Waals surface area contributed by atoms with E-state index in [4.69, 9.17) is 9.47 Å². The van der Waals surface area contributed by atoms with E-state index in [2.05, 4.69) is 20.9 Å². The van der Waals surface area contributed by atoms with E-state index in [1.165, 1.54) is 0 Å². The monoisotopic (exact) mass is 243 g/mol. The van der Waals surface area contributed by atoms with Crippen LogP contribution in [0.5, 0.6) is 0 Å². The molecule has 0 spiro atoms. The second-order valence-corrected chi connectivity index (χ2v) is 3.87. The molecule has 0 unspecified atom stereocenters. The first-order chi connectivity index (χ1) is 6.36. The molecule has 0 atom stereocenters. The van der Waals surface area contributed by atoms with E-state index < -0.39 is 0 Å². The average molecular weight is 244 g/mol. The predicted octanol–water partition coefficient (Wildman–Crippen LogP) is 1.93. The van der Waals surface area contributed by atoms with Crippen LogP contribution in [0.25, 0.3) is 0 Å². The van der Waals surface area contributed by atoms with Gasteiger partial charge in [-0.05, 0) is 28.1 Å². The molecule has 0 radical (unpaired) electrons. The normalized spacial score (nSPS) is 18.8. The molecule has 0 bridgehead atoms. The minimum atomic E-state index is 0.279. The maximum atomic E-state index is 5.19. The molecule has 70 valence electrons. The lowest BCUT2D eigenvalue weighted by atomic mass is 10.1. The van der Waals surface area contributed by atoms with Gasteiger partial charge in [-0.15, -0.1) is 0 Å². The van der Waals surface area contributed by atoms with E-state index in [-0.39, 0.29) is 5.92 Å². The van der Waals surface area contributed by atoms with Crippen LogP contribution in [0, 0.1) is 0 Å². The summed E-state index contributed by atoms with van der Waals surface area (Å²) in [6, 6.07) is 3.98. The Kier molecular flexibility index (Phi) is 2.93. The zero-order valence-electron chi connectivity index (χ0n) is 7.07. The van der Waals surface area contributed by atoms with Gasteiger partial charge in [0.2, 0.25) is 0 Å². The Morgan fingerprint density at radius 3 is 2.69 bits per heavy atom. The zero-order chi connectivity index (χ0) is 9.10. The van der Waals surface area contributed by atoms with Crippen LogP contribution in [0.2, 0.25) is 0 Å². The molecule has 1 saturated heterocycles. The summed E-state index contributed by atoms with van der Waals surface area (Å²) in [7, 11) is 0. The van der Waals surface area contributed by atoms with Gasteiger partial charge in [-0.2, -0.15) is 0 Å². The SMILES string of the molecule is Brc1ccc(C2COCOC2)nc1. The Hall–Kier alpha value is -0.450. The van der Waals surface area contributed by atoms with Gasteiger partial charge in [0, 0.05) is 22.3 Å². The van der Waals surface area contributed by atoms with E-state index in [0.717, 1.165) is 10.2 Å². The van der Waals surface area contributed by atoms with Crippen LogP contribution in [0.4, 0.5) is 0 Å². The number of ether oxygens (including phenoxy) is 2. The number of pyridine rings is 1. The molecule has 0 saturated carbocycles. The maximum absolute atomic E-state index is 5.19. The Morgan fingerprint density at radius 1 is 1.31 bits per heavy atom. The van der Waals surface area contributed by atoms with Gasteiger partial charge in [-0.25, -0.2) is 0 Å². The van der Waals surface area contributed by atoms with Crippen LogP contribution in [0.1, 0.15) is 11.6 Å². The summed E-state index contributed by atoms with van der Waals surface area (Å²) in [5.74, 6) is 0.279. The van der Waals surface area contributed by atoms with Crippen molar-refractivity contribution in [1.82, 2.24) is 4.98 Å². The van der Waals surface area contributed by atoms with Gasteiger partial charge in [0.05, 0.1) is 13.2 Å². The van der Waals surface area contributed by atoms with Gasteiger partial charge in [0.15, 0.2) is 0 Å². The Labute approximate surface area is 85.2 Å². The Bertz CT molecular complexity index is 269. The molecule has 4 heteroatoms. The molecule has 2 heterocycles. The summed E-state index contributed by atoms with van der Waals surface area (Å²) < 4.78 is 11.4. The van der Waals surface area contributed by atoms with E-state index in [1.807, 2.05) is 12.1 Å². The minimum Gasteiger partial charge on any atom is -0.355 e. The summed E-state index contributed by atoms with van der Waals surface area (Å²) in [5, 5.41) is 0. The van der Waals surface area contributed by atoms with Crippen LogP contribution in [-0.4, -0.2) is 25.0 Å². The van der Waals surface area contributed by atoms with Crippen molar-refractivity contribution in [3.8, 4) is 0 Å². The lowest BCUT2D eigenvalue weighted by Gasteiger charge is -2.21. The van der Waals surface area contributed by atoms with E-state index in [1.54, 1.807) is 6.20 Å². The van der Waals surface area contributed by atoms with E-state index >= 15 is 0 Å². The number of rotatable bonds is 1. The van der Waals surface area contributed by atoms with Gasteiger partial charge in [0.1, 0.15) is 6.79 Å². The first-order valence-corrected chi connectivity index (χ1v) is 4.92. The summed E-state index contributed by atoms with van der Waals surface area (Å²) in [4.78, 5) is 4.30. The number of aromatic nitrogens is 1. The van der Waals surface area contributed by atoms with Crippen LogP contribution >= 0.6 is 15.9 Å². The highest BCUT2D eigenvalue weighted by atomic mass is 79.9. The summed E-state index contributed by atoms with van der Waals surface area (Å²) in [5.41, 5.74) is 1.03. The number of hydrogen-bond donors (Lipinski definition) is 0. The highest BCUT2D eigenvalue weighted by Gasteiger charge is 2.17. The maximum Gasteiger partial charge on any atom is 0.146 e. The van der Waals surface area contributed by atoms with Crippen LogP contribution in [0.3, 0.4) is 0 Å². The molecule has 3 nitrogen and oxygen atoms in total. The summed E-state index contributed by atoms with van der Waals surface area (Å²) in [6.45, 7) is 1.82. The van der Waals surface area contributed by atoms with Crippen molar-refractivity contribution in [1.29, 1.82) is 0 Å². The van der Waals surface area contributed by atoms with Crippen molar-refractivity contribution < 1.29 is 9.47 Å². The Balaban J connectivity index is 2.10. The van der Waals surface area contributed by atoms with Crippen LogP contribution in [0.15, 0.2) is 22.8 Å². The largest absolute Gasteiger partial charge is 0.355 e. The highest BCUT2D eigenvalue weighted by molar-refractivity contribution is 9.10. The van der Waals surface area contributed by atoms with Crippen LogP contribution < -0.4 is 0 Å². The second kappa shape index (κ2) is 4.17. The lowest BCUT2D eigenvalue weighted by Crippen LogP contribution is -2.22. The highest BCUT2D eigenvalue weighted by Crippen LogP contribution is 2.19. The molecule has 1 aromatic rings. The van der Waals surface area contributed by atoms with Crippen molar-refractivity contribution in [2.75, 3.05) is 20.0 Å². The number of hydrogen-bond acceptors (Lipinski definition) is 3. The standard InChI is InChI=1S/C9H10BrNO2/c10-8-1-2-9(11-3-8)7-4-12-6-13-5-7/h1-3,7H,4-6H2. The molecule has 0 amide bonds. The fourth-order valence-corrected chi connectivity index (χ4v) is 1.52. The zero-order valence-corrected chi connectivity index (χ0v) is 8.66. The molecule has 0 aliphatic carbocycles. The molecule has 1 aliphatic rings. The van der Waals surface area contributed by atoms with Crippen molar-refractivity contribution in [2.45, 2.75) is 5.92 Å². The topological polar surface area (TPSA) is 31.4 Å². The third-order valence-corrected chi connectivity index (χ3v) is 2.44. The van der Waals surface area contributed by atoms with Gasteiger partial charge >= 0.3 is 0 Å². The molecule has 0 aromatic carbocycles. The number of halogens is 1. The van der Waals surface area contributed by atoms with Crippen molar-refractivity contribution in [2.24, 2.45) is 0 Å². The molecule has 1 fully saturated rings. The van der Waals surface area contributed by atoms with Crippen molar-refractivity contribution >= 4 is 15.9 Å². The van der Waals surface area contributed by atoms with Crippen molar-refractivity contribution in [3.05, 3.63) is 28.5 Å².